The van der Waals surface area contributed by atoms with E-state index in [0.29, 0.717) is 5.02 Å². The van der Waals surface area contributed by atoms with E-state index in [9.17, 15) is 18.0 Å². The summed E-state index contributed by atoms with van der Waals surface area (Å²) in [6.45, 7) is -0.492. The molecule has 0 radical (unpaired) electrons. The highest BCUT2D eigenvalue weighted by molar-refractivity contribution is 7.90. The molecule has 8 heteroatoms. The maximum atomic E-state index is 12.0. The van der Waals surface area contributed by atoms with Crippen molar-refractivity contribution in [3.63, 3.8) is 0 Å². The highest BCUT2D eigenvalue weighted by Gasteiger charge is 2.15. The zero-order valence-corrected chi connectivity index (χ0v) is 14.8. The van der Waals surface area contributed by atoms with Gasteiger partial charge in [-0.3, -0.25) is 4.79 Å². The van der Waals surface area contributed by atoms with Gasteiger partial charge in [0.2, 0.25) is 5.78 Å². The van der Waals surface area contributed by atoms with Gasteiger partial charge in [-0.25, -0.2) is 13.2 Å². The Balaban J connectivity index is 2.03. The zero-order valence-electron chi connectivity index (χ0n) is 12.5. The van der Waals surface area contributed by atoms with E-state index >= 15 is 0 Å². The molecule has 0 fully saturated rings. The molecular weight excluding hydrogens is 375 g/mol. The first-order valence-electron chi connectivity index (χ1n) is 6.64. The average molecular weight is 387 g/mol. The van der Waals surface area contributed by atoms with Gasteiger partial charge in [0.05, 0.1) is 15.5 Å². The van der Waals surface area contributed by atoms with Crippen LogP contribution in [0.4, 0.5) is 0 Å². The van der Waals surface area contributed by atoms with Crippen LogP contribution < -0.4 is 0 Å². The summed E-state index contributed by atoms with van der Waals surface area (Å²) < 4.78 is 27.6. The lowest BCUT2D eigenvalue weighted by molar-refractivity contribution is 0.0474. The number of rotatable bonds is 5. The molecule has 24 heavy (non-hydrogen) atoms. The molecular formula is C16H12Cl2O5S. The van der Waals surface area contributed by atoms with Crippen LogP contribution in [0.15, 0.2) is 47.4 Å². The molecule has 0 aliphatic rings. The Morgan fingerprint density at radius 2 is 1.67 bits per heavy atom. The first-order chi connectivity index (χ1) is 11.2. The number of Topliss-reactive ketones (excluding diaryl/α,β-unsaturated/α-hetero) is 1. The predicted octanol–water partition coefficient (Wildman–Crippen LogP) is 3.44. The lowest BCUT2D eigenvalue weighted by Crippen LogP contribution is -2.14. The van der Waals surface area contributed by atoms with Crippen LogP contribution >= 0.6 is 23.2 Å². The van der Waals surface area contributed by atoms with Crippen molar-refractivity contribution in [1.29, 1.82) is 0 Å². The topological polar surface area (TPSA) is 77.5 Å². The van der Waals surface area contributed by atoms with Crippen molar-refractivity contribution >= 4 is 44.8 Å². The third-order valence-electron chi connectivity index (χ3n) is 3.08. The lowest BCUT2D eigenvalue weighted by Gasteiger charge is -2.06. The molecule has 0 saturated heterocycles. The Kier molecular flexibility index (Phi) is 5.64. The van der Waals surface area contributed by atoms with Crippen LogP contribution in [0.25, 0.3) is 0 Å². The van der Waals surface area contributed by atoms with E-state index in [2.05, 4.69) is 0 Å². The van der Waals surface area contributed by atoms with Gasteiger partial charge in [-0.05, 0) is 42.5 Å². The molecule has 0 aromatic heterocycles. The van der Waals surface area contributed by atoms with Gasteiger partial charge in [0.1, 0.15) is 0 Å². The van der Waals surface area contributed by atoms with E-state index in [-0.39, 0.29) is 21.0 Å². The summed E-state index contributed by atoms with van der Waals surface area (Å²) in [4.78, 5) is 24.0. The van der Waals surface area contributed by atoms with Crippen molar-refractivity contribution in [3.05, 3.63) is 63.6 Å². The Morgan fingerprint density at radius 3 is 2.21 bits per heavy atom. The van der Waals surface area contributed by atoms with Crippen LogP contribution in [0.1, 0.15) is 20.7 Å². The molecule has 0 spiro atoms. The fraction of sp³-hybridized carbons (Fsp3) is 0.125. The molecule has 0 saturated carbocycles. The minimum absolute atomic E-state index is 0.0862. The largest absolute Gasteiger partial charge is 0.454 e. The smallest absolute Gasteiger partial charge is 0.338 e. The molecule has 0 amide bonds. The number of hydrogen-bond acceptors (Lipinski definition) is 5. The van der Waals surface area contributed by atoms with Gasteiger partial charge in [0.15, 0.2) is 16.4 Å². The maximum absolute atomic E-state index is 12.0. The van der Waals surface area contributed by atoms with E-state index in [1.54, 1.807) is 0 Å². The van der Waals surface area contributed by atoms with Crippen LogP contribution in [0.5, 0.6) is 0 Å². The normalized spacial score (nSPS) is 11.1. The zero-order chi connectivity index (χ0) is 17.9. The minimum atomic E-state index is -3.35. The van der Waals surface area contributed by atoms with Gasteiger partial charge >= 0.3 is 5.97 Å². The second kappa shape index (κ2) is 7.34. The minimum Gasteiger partial charge on any atom is -0.454 e. The third-order valence-corrected chi connectivity index (χ3v) is 4.76. The van der Waals surface area contributed by atoms with Crippen molar-refractivity contribution < 1.29 is 22.7 Å². The number of benzene rings is 2. The number of hydrogen-bond donors (Lipinski definition) is 0. The summed E-state index contributed by atoms with van der Waals surface area (Å²) in [6, 6.07) is 9.60. The summed E-state index contributed by atoms with van der Waals surface area (Å²) in [5.41, 5.74) is 0.332. The van der Waals surface area contributed by atoms with Crippen molar-refractivity contribution in [2.45, 2.75) is 4.90 Å². The summed E-state index contributed by atoms with van der Waals surface area (Å²) >= 11 is 11.7. The van der Waals surface area contributed by atoms with Crippen molar-refractivity contribution in [1.82, 2.24) is 0 Å². The third kappa shape index (κ3) is 4.56. The highest BCUT2D eigenvalue weighted by atomic mass is 35.5. The lowest BCUT2D eigenvalue weighted by atomic mass is 10.1. The number of ketones is 1. The Labute approximate surface area is 149 Å². The second-order valence-corrected chi connectivity index (χ2v) is 7.78. The van der Waals surface area contributed by atoms with Gasteiger partial charge in [-0.15, -0.1) is 0 Å². The Hall–Kier alpha value is -1.89. The number of carbonyl (C=O) groups is 2. The molecule has 0 unspecified atom stereocenters. The maximum Gasteiger partial charge on any atom is 0.338 e. The van der Waals surface area contributed by atoms with Crippen LogP contribution in [0.3, 0.4) is 0 Å². The summed E-state index contributed by atoms with van der Waals surface area (Å²) in [5, 5.41) is 0.556. The Bertz CT molecular complexity index is 889. The van der Waals surface area contributed by atoms with E-state index in [4.69, 9.17) is 27.9 Å². The number of halogens is 2. The molecule has 2 aromatic carbocycles. The summed E-state index contributed by atoms with van der Waals surface area (Å²) in [6.07, 6.45) is 1.06. The fourth-order valence-electron chi connectivity index (χ4n) is 1.85. The van der Waals surface area contributed by atoms with E-state index in [1.807, 2.05) is 0 Å². The van der Waals surface area contributed by atoms with Crippen molar-refractivity contribution in [2.75, 3.05) is 12.9 Å². The first kappa shape index (κ1) is 18.4. The first-order valence-corrected chi connectivity index (χ1v) is 9.29. The number of sulfone groups is 1. The van der Waals surface area contributed by atoms with Crippen molar-refractivity contribution in [2.24, 2.45) is 0 Å². The molecule has 2 rings (SSSR count). The van der Waals surface area contributed by atoms with E-state index in [0.717, 1.165) is 6.26 Å². The van der Waals surface area contributed by atoms with Gasteiger partial charge in [0.25, 0.3) is 0 Å². The molecule has 0 aliphatic carbocycles. The molecule has 0 bridgehead atoms. The molecule has 0 aliphatic heterocycles. The molecule has 0 atom stereocenters. The highest BCUT2D eigenvalue weighted by Crippen LogP contribution is 2.21. The quantitative estimate of drug-likeness (QED) is 0.580. The van der Waals surface area contributed by atoms with E-state index in [1.165, 1.54) is 42.5 Å². The second-order valence-electron chi connectivity index (χ2n) is 4.92. The molecule has 126 valence electrons. The molecule has 2 aromatic rings. The van der Waals surface area contributed by atoms with Crippen LogP contribution in [-0.2, 0) is 14.6 Å². The van der Waals surface area contributed by atoms with Gasteiger partial charge in [-0.1, -0.05) is 23.2 Å². The monoisotopic (exact) mass is 386 g/mol. The molecule has 0 heterocycles. The van der Waals surface area contributed by atoms with Gasteiger partial charge in [0, 0.05) is 16.8 Å². The number of esters is 1. The van der Waals surface area contributed by atoms with Gasteiger partial charge in [-0.2, -0.15) is 0 Å². The number of carbonyl (C=O) groups excluding carboxylic acids is 2. The molecule has 5 nitrogen and oxygen atoms in total. The van der Waals surface area contributed by atoms with Crippen molar-refractivity contribution in [3.8, 4) is 0 Å². The summed E-state index contributed by atoms with van der Waals surface area (Å²) in [5.74, 6) is -1.22. The van der Waals surface area contributed by atoms with Crippen LogP contribution in [0, 0.1) is 0 Å². The van der Waals surface area contributed by atoms with E-state index < -0.39 is 28.2 Å². The van der Waals surface area contributed by atoms with Crippen LogP contribution in [-0.4, -0.2) is 33.0 Å². The summed E-state index contributed by atoms with van der Waals surface area (Å²) in [7, 11) is -3.35. The average Bonchev–Trinajstić information content (AvgIpc) is 2.51. The molecule has 0 N–H and O–H groups in total. The SMILES string of the molecule is CS(=O)(=O)c1ccc(C(=O)OCC(=O)c2ccc(Cl)cc2Cl)cc1. The van der Waals surface area contributed by atoms with Crippen LogP contribution in [0.2, 0.25) is 10.0 Å². The van der Waals surface area contributed by atoms with Gasteiger partial charge < -0.3 is 4.74 Å². The predicted molar refractivity (Wildman–Crippen MR) is 90.6 cm³/mol. The standard InChI is InChI=1S/C16H12Cl2O5S/c1-24(21,22)12-5-2-10(3-6-12)16(20)23-9-15(19)13-7-4-11(17)8-14(13)18/h2-8H,9H2,1H3. The number of ether oxygens (including phenoxy) is 1. The fourth-order valence-corrected chi connectivity index (χ4v) is 2.99. The Morgan fingerprint density at radius 1 is 1.04 bits per heavy atom.